The Morgan fingerprint density at radius 2 is 1.76 bits per heavy atom. The van der Waals surface area contributed by atoms with Gasteiger partial charge in [0.2, 0.25) is 5.91 Å². The average Bonchev–Trinajstić information content (AvgIpc) is 3.18. The summed E-state index contributed by atoms with van der Waals surface area (Å²) in [5.41, 5.74) is 3.55. The maximum Gasteiger partial charge on any atom is 0.251 e. The van der Waals surface area contributed by atoms with Crippen LogP contribution in [0.5, 0.6) is 0 Å². The Labute approximate surface area is 205 Å². The maximum atomic E-state index is 12.8. The topological polar surface area (TPSA) is 88.9 Å². The first kappa shape index (κ1) is 25.2. The van der Waals surface area contributed by atoms with Crippen molar-refractivity contribution in [3.63, 3.8) is 0 Å². The second-order valence-electron chi connectivity index (χ2n) is 8.51. The molecule has 3 aromatic rings. The van der Waals surface area contributed by atoms with Crippen molar-refractivity contribution in [1.29, 1.82) is 0 Å². The van der Waals surface area contributed by atoms with Crippen molar-refractivity contribution in [2.45, 2.75) is 45.4 Å². The van der Waals surface area contributed by atoms with Crippen LogP contribution in [0.2, 0.25) is 0 Å². The molecular weight excluding hydrogens is 446 g/mol. The minimum absolute atomic E-state index is 0.0751. The van der Waals surface area contributed by atoms with Gasteiger partial charge in [-0.05, 0) is 55.2 Å². The van der Waals surface area contributed by atoms with E-state index >= 15 is 0 Å². The predicted molar refractivity (Wildman–Crippen MR) is 137 cm³/mol. The standard InChI is InChI=1S/C26H31N5O2S/c1-6-12-31-24(23(17(2)3)28-25(33)20-10-8-7-9-11-20)29-30-26(31)34-16-22(32)27-21-14-18(4)13-19(5)15-21/h6-11,13-15,17,23H,1,12,16H2,2-5H3,(H,27,32)(H,28,33)/t23-/m1/s1. The average molecular weight is 478 g/mol. The van der Waals surface area contributed by atoms with Crippen LogP contribution in [-0.4, -0.2) is 32.3 Å². The number of nitrogens with one attached hydrogen (secondary N) is 2. The van der Waals surface area contributed by atoms with Crippen LogP contribution in [0, 0.1) is 19.8 Å². The van der Waals surface area contributed by atoms with Crippen molar-refractivity contribution in [3.05, 3.63) is 83.7 Å². The van der Waals surface area contributed by atoms with Gasteiger partial charge in [-0.1, -0.05) is 56.0 Å². The number of nitrogens with zero attached hydrogens (tertiary/aromatic N) is 3. The lowest BCUT2D eigenvalue weighted by atomic mass is 10.0. The number of aryl methyl sites for hydroxylation is 2. The molecule has 0 fully saturated rings. The minimum Gasteiger partial charge on any atom is -0.342 e. The first-order valence-electron chi connectivity index (χ1n) is 11.2. The summed E-state index contributed by atoms with van der Waals surface area (Å²) < 4.78 is 1.90. The molecule has 0 bridgehead atoms. The first-order valence-corrected chi connectivity index (χ1v) is 12.2. The van der Waals surface area contributed by atoms with Gasteiger partial charge in [0.15, 0.2) is 11.0 Å². The van der Waals surface area contributed by atoms with E-state index in [1.807, 2.05) is 62.6 Å². The fraction of sp³-hybridized carbons (Fsp3) is 0.308. The highest BCUT2D eigenvalue weighted by molar-refractivity contribution is 7.99. The molecular formula is C26H31N5O2S. The molecule has 0 aliphatic carbocycles. The Hall–Kier alpha value is -3.39. The molecule has 178 valence electrons. The van der Waals surface area contributed by atoms with E-state index < -0.39 is 0 Å². The van der Waals surface area contributed by atoms with E-state index in [4.69, 9.17) is 0 Å². The van der Waals surface area contributed by atoms with E-state index in [0.29, 0.717) is 23.1 Å². The smallest absolute Gasteiger partial charge is 0.251 e. The molecule has 3 rings (SSSR count). The van der Waals surface area contributed by atoms with Gasteiger partial charge in [-0.2, -0.15) is 0 Å². The molecule has 2 aromatic carbocycles. The normalized spacial score (nSPS) is 11.8. The van der Waals surface area contributed by atoms with E-state index in [-0.39, 0.29) is 29.5 Å². The van der Waals surface area contributed by atoms with Crippen molar-refractivity contribution in [1.82, 2.24) is 20.1 Å². The zero-order chi connectivity index (χ0) is 24.7. The molecule has 0 radical (unpaired) electrons. The Morgan fingerprint density at radius 1 is 1.09 bits per heavy atom. The van der Waals surface area contributed by atoms with Gasteiger partial charge in [-0.25, -0.2) is 0 Å². The van der Waals surface area contributed by atoms with E-state index in [1.165, 1.54) is 11.8 Å². The maximum absolute atomic E-state index is 12.8. The van der Waals surface area contributed by atoms with Gasteiger partial charge in [0.05, 0.1) is 11.8 Å². The van der Waals surface area contributed by atoms with E-state index in [0.717, 1.165) is 16.8 Å². The molecule has 0 aliphatic rings. The van der Waals surface area contributed by atoms with Crippen LogP contribution in [0.1, 0.15) is 47.2 Å². The van der Waals surface area contributed by atoms with Gasteiger partial charge >= 0.3 is 0 Å². The number of allylic oxidation sites excluding steroid dienone is 1. The Morgan fingerprint density at radius 3 is 2.38 bits per heavy atom. The monoisotopic (exact) mass is 477 g/mol. The summed E-state index contributed by atoms with van der Waals surface area (Å²) in [5, 5.41) is 15.3. The van der Waals surface area contributed by atoms with Gasteiger partial charge < -0.3 is 15.2 Å². The Balaban J connectivity index is 1.74. The third-order valence-electron chi connectivity index (χ3n) is 5.16. The molecule has 1 atom stereocenters. The van der Waals surface area contributed by atoms with Crippen molar-refractivity contribution < 1.29 is 9.59 Å². The number of hydrogen-bond acceptors (Lipinski definition) is 5. The molecule has 0 spiro atoms. The lowest BCUT2D eigenvalue weighted by Gasteiger charge is -2.22. The van der Waals surface area contributed by atoms with Crippen LogP contribution in [0.25, 0.3) is 0 Å². The number of carbonyl (C=O) groups excluding carboxylic acids is 2. The summed E-state index contributed by atoms with van der Waals surface area (Å²) in [6, 6.07) is 14.7. The van der Waals surface area contributed by atoms with Crippen molar-refractivity contribution in [3.8, 4) is 0 Å². The van der Waals surface area contributed by atoms with Gasteiger partial charge in [-0.3, -0.25) is 9.59 Å². The number of anilines is 1. The molecule has 1 heterocycles. The SMILES string of the molecule is C=CCn1c(SCC(=O)Nc2cc(C)cc(C)c2)nnc1[C@H](NC(=O)c1ccccc1)C(C)C. The summed E-state index contributed by atoms with van der Waals surface area (Å²) in [6.07, 6.45) is 1.75. The minimum atomic E-state index is -0.349. The number of amides is 2. The molecule has 1 aromatic heterocycles. The molecule has 2 N–H and O–H groups in total. The highest BCUT2D eigenvalue weighted by atomic mass is 32.2. The highest BCUT2D eigenvalue weighted by Gasteiger charge is 2.26. The summed E-state index contributed by atoms with van der Waals surface area (Å²) in [6.45, 7) is 12.4. The molecule has 34 heavy (non-hydrogen) atoms. The van der Waals surface area contributed by atoms with Crippen molar-refractivity contribution in [2.24, 2.45) is 5.92 Å². The number of thioether (sulfide) groups is 1. The molecule has 0 saturated carbocycles. The lowest BCUT2D eigenvalue weighted by molar-refractivity contribution is -0.113. The zero-order valence-corrected chi connectivity index (χ0v) is 20.9. The fourth-order valence-corrected chi connectivity index (χ4v) is 4.41. The Bertz CT molecular complexity index is 1140. The van der Waals surface area contributed by atoms with Crippen molar-refractivity contribution in [2.75, 3.05) is 11.1 Å². The molecule has 7 nitrogen and oxygen atoms in total. The van der Waals surface area contributed by atoms with Gasteiger partial charge in [0, 0.05) is 17.8 Å². The van der Waals surface area contributed by atoms with E-state index in [9.17, 15) is 9.59 Å². The fourth-order valence-electron chi connectivity index (χ4n) is 3.66. The number of carbonyl (C=O) groups is 2. The number of aromatic nitrogens is 3. The largest absolute Gasteiger partial charge is 0.342 e. The third kappa shape index (κ3) is 6.57. The predicted octanol–water partition coefficient (Wildman–Crippen LogP) is 4.94. The quantitative estimate of drug-likeness (QED) is 0.319. The number of benzene rings is 2. The second kappa shape index (κ2) is 11.7. The van der Waals surface area contributed by atoms with E-state index in [1.54, 1.807) is 18.2 Å². The summed E-state index contributed by atoms with van der Waals surface area (Å²) >= 11 is 1.30. The summed E-state index contributed by atoms with van der Waals surface area (Å²) in [5.74, 6) is 0.602. The van der Waals surface area contributed by atoms with E-state index in [2.05, 4.69) is 33.5 Å². The van der Waals surface area contributed by atoms with Crippen LogP contribution >= 0.6 is 11.8 Å². The third-order valence-corrected chi connectivity index (χ3v) is 6.13. The lowest BCUT2D eigenvalue weighted by Crippen LogP contribution is -2.33. The van der Waals surface area contributed by atoms with Crippen LogP contribution < -0.4 is 10.6 Å². The van der Waals surface area contributed by atoms with Crippen LogP contribution in [0.3, 0.4) is 0 Å². The Kier molecular flexibility index (Phi) is 8.65. The summed E-state index contributed by atoms with van der Waals surface area (Å²) in [4.78, 5) is 25.4. The summed E-state index contributed by atoms with van der Waals surface area (Å²) in [7, 11) is 0. The number of rotatable bonds is 10. The van der Waals surface area contributed by atoms with Crippen molar-refractivity contribution >= 4 is 29.3 Å². The number of hydrogen-bond donors (Lipinski definition) is 2. The van der Waals surface area contributed by atoms with Gasteiger partial charge in [0.25, 0.3) is 5.91 Å². The highest BCUT2D eigenvalue weighted by Crippen LogP contribution is 2.26. The zero-order valence-electron chi connectivity index (χ0n) is 20.0. The first-order chi connectivity index (χ1) is 16.3. The molecule has 2 amide bonds. The van der Waals surface area contributed by atoms with Gasteiger partial charge in [-0.15, -0.1) is 16.8 Å². The van der Waals surface area contributed by atoms with Crippen LogP contribution in [-0.2, 0) is 11.3 Å². The van der Waals surface area contributed by atoms with Crippen LogP contribution in [0.15, 0.2) is 66.3 Å². The van der Waals surface area contributed by atoms with Gasteiger partial charge in [0.1, 0.15) is 0 Å². The molecule has 8 heteroatoms. The molecule has 0 unspecified atom stereocenters. The second-order valence-corrected chi connectivity index (χ2v) is 9.46. The molecule has 0 aliphatic heterocycles. The molecule has 0 saturated heterocycles. The van der Waals surface area contributed by atoms with Crippen LogP contribution in [0.4, 0.5) is 5.69 Å².